The van der Waals surface area contributed by atoms with Crippen molar-refractivity contribution in [3.05, 3.63) is 34.3 Å². The lowest BCUT2D eigenvalue weighted by Crippen LogP contribution is -2.43. The largest absolute Gasteiger partial charge is 0.310 e. The van der Waals surface area contributed by atoms with Gasteiger partial charge in [-0.05, 0) is 43.5 Å². The first-order valence-electron chi connectivity index (χ1n) is 6.52. The van der Waals surface area contributed by atoms with Gasteiger partial charge in [0, 0.05) is 23.6 Å². The van der Waals surface area contributed by atoms with Crippen LogP contribution in [0.2, 0.25) is 0 Å². The highest BCUT2D eigenvalue weighted by atomic mass is 79.9. The Morgan fingerprint density at radius 1 is 1.24 bits per heavy atom. The molecule has 2 bridgehead atoms. The Hall–Kier alpha value is -0.380. The van der Waals surface area contributed by atoms with Crippen LogP contribution in [0.1, 0.15) is 18.4 Å². The third kappa shape index (κ3) is 2.56. The van der Waals surface area contributed by atoms with Crippen molar-refractivity contribution < 1.29 is 0 Å². The minimum atomic E-state index is 0.723. The Bertz CT molecular complexity index is 394. The fourth-order valence-corrected chi connectivity index (χ4v) is 3.53. The lowest BCUT2D eigenvalue weighted by Gasteiger charge is -2.31. The molecule has 2 aliphatic rings. The summed E-state index contributed by atoms with van der Waals surface area (Å²) in [6, 6.07) is 9.22. The van der Waals surface area contributed by atoms with E-state index in [-0.39, 0.29) is 0 Å². The number of hydrogen-bond donors (Lipinski definition) is 1. The summed E-state index contributed by atoms with van der Waals surface area (Å²) in [6.07, 6.45) is 2.70. The van der Waals surface area contributed by atoms with Crippen LogP contribution in [0.3, 0.4) is 0 Å². The first-order valence-corrected chi connectivity index (χ1v) is 7.31. The minimum absolute atomic E-state index is 0.723. The molecular weight excluding hydrogens is 276 g/mol. The first-order chi connectivity index (χ1) is 8.33. The van der Waals surface area contributed by atoms with Gasteiger partial charge in [0.25, 0.3) is 0 Å². The van der Waals surface area contributed by atoms with Crippen LogP contribution in [0.25, 0.3) is 0 Å². The van der Waals surface area contributed by atoms with Gasteiger partial charge in [-0.3, -0.25) is 0 Å². The number of fused-ring (bicyclic) bond motifs is 2. The van der Waals surface area contributed by atoms with Gasteiger partial charge in [-0.1, -0.05) is 34.1 Å². The zero-order chi connectivity index (χ0) is 11.7. The summed E-state index contributed by atoms with van der Waals surface area (Å²) >= 11 is 3.61. The van der Waals surface area contributed by atoms with Gasteiger partial charge in [0.05, 0.1) is 0 Å². The van der Waals surface area contributed by atoms with E-state index in [0.717, 1.165) is 18.5 Å². The third-order valence-corrected chi connectivity index (χ3v) is 4.92. The molecule has 0 amide bonds. The number of nitrogens with one attached hydrogen (secondary N) is 1. The molecule has 1 aromatic rings. The van der Waals surface area contributed by atoms with Crippen molar-refractivity contribution in [1.82, 2.24) is 10.2 Å². The lowest BCUT2D eigenvalue weighted by molar-refractivity contribution is 0.220. The summed E-state index contributed by atoms with van der Waals surface area (Å²) in [5.74, 6) is 0.881. The van der Waals surface area contributed by atoms with Gasteiger partial charge in [-0.2, -0.15) is 0 Å². The van der Waals surface area contributed by atoms with Crippen molar-refractivity contribution in [3.63, 3.8) is 0 Å². The minimum Gasteiger partial charge on any atom is -0.310 e. The predicted octanol–water partition coefficient (Wildman–Crippen LogP) is 2.63. The molecule has 2 saturated heterocycles. The maximum absolute atomic E-state index is 3.75. The summed E-state index contributed by atoms with van der Waals surface area (Å²) < 4.78 is 1.22. The molecule has 92 valence electrons. The Morgan fingerprint density at radius 2 is 2.06 bits per heavy atom. The van der Waals surface area contributed by atoms with Gasteiger partial charge < -0.3 is 10.2 Å². The van der Waals surface area contributed by atoms with E-state index in [4.69, 9.17) is 0 Å². The molecule has 0 aromatic heterocycles. The lowest BCUT2D eigenvalue weighted by atomic mass is 9.94. The van der Waals surface area contributed by atoms with Crippen LogP contribution in [-0.4, -0.2) is 30.6 Å². The molecule has 3 atom stereocenters. The molecule has 2 aliphatic heterocycles. The van der Waals surface area contributed by atoms with E-state index in [1.165, 1.54) is 42.5 Å². The number of rotatable bonds is 3. The molecule has 0 aliphatic carbocycles. The van der Waals surface area contributed by atoms with E-state index < -0.39 is 0 Å². The fourth-order valence-electron chi connectivity index (χ4n) is 3.10. The molecule has 1 N–H and O–H groups in total. The predicted molar refractivity (Wildman–Crippen MR) is 73.9 cm³/mol. The molecule has 3 unspecified atom stereocenters. The molecular formula is C14H19BrN2. The molecule has 2 fully saturated rings. The topological polar surface area (TPSA) is 15.3 Å². The highest BCUT2D eigenvalue weighted by Gasteiger charge is 2.33. The van der Waals surface area contributed by atoms with Gasteiger partial charge in [0.1, 0.15) is 0 Å². The highest BCUT2D eigenvalue weighted by molar-refractivity contribution is 9.10. The maximum Gasteiger partial charge on any atom is 0.0220 e. The van der Waals surface area contributed by atoms with E-state index >= 15 is 0 Å². The summed E-state index contributed by atoms with van der Waals surface area (Å²) in [4.78, 5) is 2.60. The second kappa shape index (κ2) is 5.09. The maximum atomic E-state index is 3.75. The smallest absolute Gasteiger partial charge is 0.0220 e. The fraction of sp³-hybridized carbons (Fsp3) is 0.571. The van der Waals surface area contributed by atoms with Crippen molar-refractivity contribution in [2.45, 2.75) is 25.4 Å². The van der Waals surface area contributed by atoms with E-state index in [9.17, 15) is 0 Å². The van der Waals surface area contributed by atoms with E-state index in [2.05, 4.69) is 50.4 Å². The average molecular weight is 295 g/mol. The summed E-state index contributed by atoms with van der Waals surface area (Å²) in [5, 5.41) is 3.75. The van der Waals surface area contributed by atoms with Crippen molar-refractivity contribution in [2.75, 3.05) is 19.6 Å². The number of benzene rings is 1. The van der Waals surface area contributed by atoms with Crippen LogP contribution in [-0.2, 0) is 6.54 Å². The number of nitrogens with zero attached hydrogens (tertiary/aromatic N) is 1. The summed E-state index contributed by atoms with van der Waals surface area (Å²) in [5.41, 5.74) is 1.37. The molecule has 17 heavy (non-hydrogen) atoms. The van der Waals surface area contributed by atoms with Crippen molar-refractivity contribution in [3.8, 4) is 0 Å². The highest BCUT2D eigenvalue weighted by Crippen LogP contribution is 2.27. The van der Waals surface area contributed by atoms with E-state index in [1.807, 2.05) is 0 Å². The van der Waals surface area contributed by atoms with Crippen LogP contribution in [0.15, 0.2) is 28.7 Å². The van der Waals surface area contributed by atoms with Crippen LogP contribution in [0.4, 0.5) is 0 Å². The van der Waals surface area contributed by atoms with Crippen molar-refractivity contribution in [2.24, 2.45) is 5.92 Å². The zero-order valence-electron chi connectivity index (χ0n) is 10.0. The second-order valence-electron chi connectivity index (χ2n) is 5.22. The van der Waals surface area contributed by atoms with Crippen molar-refractivity contribution in [1.29, 1.82) is 0 Å². The number of halogens is 1. The van der Waals surface area contributed by atoms with Crippen LogP contribution in [0, 0.1) is 5.92 Å². The van der Waals surface area contributed by atoms with Gasteiger partial charge in [-0.25, -0.2) is 0 Å². The van der Waals surface area contributed by atoms with E-state index in [1.54, 1.807) is 0 Å². The second-order valence-corrected chi connectivity index (χ2v) is 6.07. The van der Waals surface area contributed by atoms with Gasteiger partial charge in [0.2, 0.25) is 0 Å². The Balaban J connectivity index is 1.59. The van der Waals surface area contributed by atoms with Crippen molar-refractivity contribution >= 4 is 15.9 Å². The Kier molecular flexibility index (Phi) is 3.50. The zero-order valence-corrected chi connectivity index (χ0v) is 11.6. The molecule has 3 heteroatoms. The molecule has 1 aromatic carbocycles. The Labute approximate surface area is 112 Å². The molecule has 0 saturated carbocycles. The molecule has 2 nitrogen and oxygen atoms in total. The van der Waals surface area contributed by atoms with Gasteiger partial charge >= 0.3 is 0 Å². The third-order valence-electron chi connectivity index (χ3n) is 4.15. The SMILES string of the molecule is Brc1ccccc1CNC1CCN2CCC1C2. The first kappa shape index (κ1) is 11.7. The summed E-state index contributed by atoms with van der Waals surface area (Å²) in [6.45, 7) is 4.90. The standard InChI is InChI=1S/C14H19BrN2/c15-13-4-2-1-3-11(13)9-16-14-6-8-17-7-5-12(14)10-17/h1-4,12,14,16H,5-10H2. The molecule has 2 heterocycles. The van der Waals surface area contributed by atoms with E-state index in [0.29, 0.717) is 0 Å². The Morgan fingerprint density at radius 3 is 2.94 bits per heavy atom. The average Bonchev–Trinajstić information content (AvgIpc) is 2.73. The molecule has 3 rings (SSSR count). The van der Waals surface area contributed by atoms with Gasteiger partial charge in [0.15, 0.2) is 0 Å². The van der Waals surface area contributed by atoms with Gasteiger partial charge in [-0.15, -0.1) is 0 Å². The summed E-state index contributed by atoms with van der Waals surface area (Å²) in [7, 11) is 0. The molecule has 0 spiro atoms. The van der Waals surface area contributed by atoms with Crippen LogP contribution < -0.4 is 5.32 Å². The number of piperidine rings is 1. The normalized spacial score (nSPS) is 31.7. The molecule has 0 radical (unpaired) electrons. The van der Waals surface area contributed by atoms with Crippen LogP contribution >= 0.6 is 15.9 Å². The quantitative estimate of drug-likeness (QED) is 0.922. The number of hydrogen-bond acceptors (Lipinski definition) is 2. The monoisotopic (exact) mass is 294 g/mol. The van der Waals surface area contributed by atoms with Crippen LogP contribution in [0.5, 0.6) is 0 Å².